The van der Waals surface area contributed by atoms with E-state index in [1.165, 1.54) is 0 Å². The van der Waals surface area contributed by atoms with Crippen LogP contribution in [0.25, 0.3) is 21.8 Å². The van der Waals surface area contributed by atoms with E-state index in [4.69, 9.17) is 19.1 Å². The molecule has 4 heterocycles. The van der Waals surface area contributed by atoms with E-state index in [1.807, 2.05) is 60.7 Å². The Labute approximate surface area is 404 Å². The number of H-pyrrole nitrogens is 2. The Morgan fingerprint density at radius 3 is 1.24 bits per heavy atom. The fourth-order valence-electron chi connectivity index (χ4n) is 11.8. The molecule has 0 amide bonds. The van der Waals surface area contributed by atoms with Gasteiger partial charge in [-0.3, -0.25) is 19.3 Å². The lowest BCUT2D eigenvalue weighted by atomic mass is 9.70. The molecule has 2 saturated heterocycles. The predicted molar refractivity (Wildman–Crippen MR) is 270 cm³/mol. The maximum atomic E-state index is 13.7. The third-order valence-corrected chi connectivity index (χ3v) is 14.6. The Morgan fingerprint density at radius 1 is 0.500 bits per heavy atom. The highest BCUT2D eigenvalue weighted by atomic mass is 16.7. The molecule has 2 aliphatic rings. The standard InChI is InChI=1S/C58H74N4O6/c1-55(2)37-49(53(47-35-43-29-21-23-31-45(43)59-47)57(5,6)61(55)65-39-41-25-15-13-16-26-41)67-51(63)33-19-11-9-10-12-20-34-52(64)68-50-38-56(3,4)62(66-40-42-27-17-14-18-28-42)58(7,8)54(50)48-36-44-30-22-24-32-46(44)60-48/h13-18,21-32,35-36,49-50,53-54,59-60H,9-12,19-20,33-34,37-40H2,1-8H3. The molecule has 2 aromatic heterocycles. The van der Waals surface area contributed by atoms with Crippen LogP contribution < -0.4 is 0 Å². The second-order valence-corrected chi connectivity index (χ2v) is 21.7. The number of benzene rings is 4. The van der Waals surface area contributed by atoms with E-state index in [0.717, 1.165) is 82.8 Å². The molecule has 10 heteroatoms. The first-order valence-electron chi connectivity index (χ1n) is 25.0. The van der Waals surface area contributed by atoms with Crippen molar-refractivity contribution in [1.29, 1.82) is 0 Å². The predicted octanol–water partition coefficient (Wildman–Crippen LogP) is 13.3. The lowest BCUT2D eigenvalue weighted by Gasteiger charge is -2.57. The fourth-order valence-corrected chi connectivity index (χ4v) is 11.8. The SMILES string of the molecule is CC1(C)CC(OC(=O)CCCCCCCCC(=O)OC2CC(C)(C)N(OCc3ccccc3)C(C)(C)C2c2cc3ccccc3[nH]2)C(c2cc3ccccc3[nH]2)C(C)(C)N1OCc1ccccc1. The van der Waals surface area contributed by atoms with Gasteiger partial charge in [-0.1, -0.05) is 123 Å². The molecule has 362 valence electrons. The number of esters is 2. The number of aromatic amines is 2. The van der Waals surface area contributed by atoms with Gasteiger partial charge in [0.25, 0.3) is 0 Å². The number of nitrogens with zero attached hydrogens (tertiary/aromatic N) is 2. The molecule has 0 aliphatic carbocycles. The van der Waals surface area contributed by atoms with Crippen LogP contribution in [-0.4, -0.2) is 66.4 Å². The maximum Gasteiger partial charge on any atom is 0.306 e. The molecular formula is C58H74N4O6. The number of hydrogen-bond donors (Lipinski definition) is 2. The minimum atomic E-state index is -0.518. The van der Waals surface area contributed by atoms with Gasteiger partial charge in [-0.05, 0) is 114 Å². The summed E-state index contributed by atoms with van der Waals surface area (Å²) in [5.41, 5.74) is 4.57. The summed E-state index contributed by atoms with van der Waals surface area (Å²) in [6.07, 6.45) is 6.67. The van der Waals surface area contributed by atoms with Crippen molar-refractivity contribution in [2.24, 2.45) is 0 Å². The summed E-state index contributed by atoms with van der Waals surface area (Å²) in [6.45, 7) is 18.4. The summed E-state index contributed by atoms with van der Waals surface area (Å²) in [4.78, 5) is 48.0. The van der Waals surface area contributed by atoms with Crippen LogP contribution >= 0.6 is 0 Å². The van der Waals surface area contributed by atoms with E-state index in [9.17, 15) is 9.59 Å². The van der Waals surface area contributed by atoms with E-state index < -0.39 is 22.2 Å². The number of unbranched alkanes of at least 4 members (excludes halogenated alkanes) is 5. The number of hydrogen-bond acceptors (Lipinski definition) is 8. The monoisotopic (exact) mass is 923 g/mol. The molecule has 2 fully saturated rings. The lowest BCUT2D eigenvalue weighted by Crippen LogP contribution is -2.65. The molecule has 0 radical (unpaired) electrons. The summed E-state index contributed by atoms with van der Waals surface area (Å²) in [5.74, 6) is -0.623. The molecular weight excluding hydrogens is 849 g/mol. The number of carbonyl (C=O) groups excluding carboxylic acids is 2. The van der Waals surface area contributed by atoms with E-state index in [0.29, 0.717) is 38.9 Å². The average molecular weight is 923 g/mol. The van der Waals surface area contributed by atoms with Gasteiger partial charge >= 0.3 is 11.9 Å². The highest BCUT2D eigenvalue weighted by molar-refractivity contribution is 5.81. The van der Waals surface area contributed by atoms with Crippen LogP contribution in [0.2, 0.25) is 0 Å². The minimum Gasteiger partial charge on any atom is -0.461 e. The summed E-state index contributed by atoms with van der Waals surface area (Å²) in [7, 11) is 0. The molecule has 4 unspecified atom stereocenters. The molecule has 0 saturated carbocycles. The van der Waals surface area contributed by atoms with Crippen LogP contribution in [0, 0.1) is 0 Å². The van der Waals surface area contributed by atoms with Gasteiger partial charge in [0.1, 0.15) is 12.2 Å². The van der Waals surface area contributed by atoms with Crippen molar-refractivity contribution in [2.45, 2.75) is 179 Å². The zero-order valence-electron chi connectivity index (χ0n) is 41.7. The van der Waals surface area contributed by atoms with E-state index in [1.54, 1.807) is 0 Å². The Morgan fingerprint density at radius 2 is 0.853 bits per heavy atom. The smallest absolute Gasteiger partial charge is 0.306 e. The van der Waals surface area contributed by atoms with Crippen molar-refractivity contribution in [3.63, 3.8) is 0 Å². The fraction of sp³-hybridized carbons (Fsp3) is 0.483. The van der Waals surface area contributed by atoms with Crippen molar-refractivity contribution < 1.29 is 28.7 Å². The lowest BCUT2D eigenvalue weighted by molar-refractivity contribution is -0.306. The molecule has 8 rings (SSSR count). The van der Waals surface area contributed by atoms with Gasteiger partial charge < -0.3 is 19.4 Å². The molecule has 6 aromatic rings. The molecule has 4 atom stereocenters. The number of nitrogens with one attached hydrogen (secondary N) is 2. The Hall–Kier alpha value is -5.26. The highest BCUT2D eigenvalue weighted by Gasteiger charge is 2.57. The van der Waals surface area contributed by atoms with Crippen LogP contribution in [0.3, 0.4) is 0 Å². The van der Waals surface area contributed by atoms with E-state index in [2.05, 4.69) is 136 Å². The van der Waals surface area contributed by atoms with Crippen LogP contribution in [0.5, 0.6) is 0 Å². The second kappa shape index (κ2) is 20.8. The van der Waals surface area contributed by atoms with Crippen LogP contribution in [0.15, 0.2) is 121 Å². The first-order valence-corrected chi connectivity index (χ1v) is 25.0. The van der Waals surface area contributed by atoms with Crippen LogP contribution in [-0.2, 0) is 42.0 Å². The highest BCUT2D eigenvalue weighted by Crippen LogP contribution is 2.51. The second-order valence-electron chi connectivity index (χ2n) is 21.7. The zero-order valence-corrected chi connectivity index (χ0v) is 41.7. The average Bonchev–Trinajstić information content (AvgIpc) is 3.91. The third-order valence-electron chi connectivity index (χ3n) is 14.6. The quantitative estimate of drug-likeness (QED) is 0.0611. The number of carbonyl (C=O) groups is 2. The van der Waals surface area contributed by atoms with Crippen molar-refractivity contribution in [3.05, 3.63) is 144 Å². The molecule has 0 bridgehead atoms. The van der Waals surface area contributed by atoms with Gasteiger partial charge in [-0.2, -0.15) is 10.1 Å². The van der Waals surface area contributed by atoms with Crippen LogP contribution in [0.4, 0.5) is 0 Å². The summed E-state index contributed by atoms with van der Waals surface area (Å²) in [6, 6.07) is 41.5. The third kappa shape index (κ3) is 11.1. The summed E-state index contributed by atoms with van der Waals surface area (Å²) < 4.78 is 13.0. The summed E-state index contributed by atoms with van der Waals surface area (Å²) in [5, 5.41) is 6.55. The Balaban J connectivity index is 0.826. The number of hydroxylamine groups is 4. The van der Waals surface area contributed by atoms with E-state index >= 15 is 0 Å². The molecule has 4 aromatic carbocycles. The molecule has 10 nitrogen and oxygen atoms in total. The molecule has 2 N–H and O–H groups in total. The molecule has 2 aliphatic heterocycles. The largest absolute Gasteiger partial charge is 0.461 e. The van der Waals surface area contributed by atoms with Crippen molar-refractivity contribution in [1.82, 2.24) is 20.1 Å². The van der Waals surface area contributed by atoms with Gasteiger partial charge in [0.15, 0.2) is 0 Å². The first-order chi connectivity index (χ1) is 32.5. The van der Waals surface area contributed by atoms with Gasteiger partial charge in [0, 0.05) is 59.2 Å². The molecule has 0 spiro atoms. The number of ether oxygens (including phenoxy) is 2. The maximum absolute atomic E-state index is 13.7. The number of aromatic nitrogens is 2. The van der Waals surface area contributed by atoms with Gasteiger partial charge in [-0.15, -0.1) is 0 Å². The van der Waals surface area contributed by atoms with Gasteiger partial charge in [0.2, 0.25) is 0 Å². The Bertz CT molecular complexity index is 2350. The van der Waals surface area contributed by atoms with Crippen LogP contribution in [0.1, 0.15) is 154 Å². The topological polar surface area (TPSA) is 109 Å². The normalized spacial score (nSPS) is 22.3. The van der Waals surface area contributed by atoms with E-state index in [-0.39, 0.29) is 36.0 Å². The number of piperidine rings is 2. The number of rotatable bonds is 19. The first kappa shape index (κ1) is 49.2. The summed E-state index contributed by atoms with van der Waals surface area (Å²) >= 11 is 0. The van der Waals surface area contributed by atoms with Gasteiger partial charge in [-0.25, -0.2) is 0 Å². The zero-order chi connectivity index (χ0) is 48.1. The number of fused-ring (bicyclic) bond motifs is 2. The van der Waals surface area contributed by atoms with Crippen molar-refractivity contribution >= 4 is 33.7 Å². The minimum absolute atomic E-state index is 0.154. The Kier molecular flexibility index (Phi) is 15.0. The molecule has 68 heavy (non-hydrogen) atoms. The number of para-hydroxylation sites is 2. The van der Waals surface area contributed by atoms with Gasteiger partial charge in [0.05, 0.1) is 36.1 Å². The van der Waals surface area contributed by atoms with Crippen molar-refractivity contribution in [2.75, 3.05) is 0 Å². The van der Waals surface area contributed by atoms with Crippen molar-refractivity contribution in [3.8, 4) is 0 Å².